The van der Waals surface area contributed by atoms with Crippen molar-refractivity contribution in [3.8, 4) is 0 Å². The fraction of sp³-hybridized carbons (Fsp3) is 0.640. The SMILES string of the molecule is CC(C)C(OC(=O)C(C)C(O)C(N)Cc1cccnc1)C(=O)OC(C)C(NC(=O)OC(C)(C)C)C(=O)O. The molecule has 0 aliphatic carbocycles. The van der Waals surface area contributed by atoms with Crippen molar-refractivity contribution in [3.05, 3.63) is 30.1 Å². The quantitative estimate of drug-likeness (QED) is 0.228. The van der Waals surface area contributed by atoms with Gasteiger partial charge in [-0.3, -0.25) is 9.78 Å². The summed E-state index contributed by atoms with van der Waals surface area (Å²) in [6.45, 7) is 10.7. The zero-order valence-corrected chi connectivity index (χ0v) is 22.3. The standard InChI is InChI=1S/C25H39N3O9/c1-13(2)20(23(33)35-15(4)18(21(30)31)28-24(34)37-25(5,6)7)36-22(32)14(3)19(29)17(26)11-16-9-8-10-27-12-16/h8-10,12-15,17-20,29H,11,26H2,1-7H3,(H,28,34)(H,30,31). The van der Waals surface area contributed by atoms with Crippen LogP contribution in [0, 0.1) is 11.8 Å². The Kier molecular flexibility index (Phi) is 11.9. The first kappa shape index (κ1) is 31.8. The number of alkyl carbamates (subject to hydrolysis) is 1. The van der Waals surface area contributed by atoms with E-state index in [1.54, 1.807) is 59.1 Å². The van der Waals surface area contributed by atoms with Crippen LogP contribution in [-0.4, -0.2) is 75.2 Å². The van der Waals surface area contributed by atoms with Gasteiger partial charge in [0.25, 0.3) is 0 Å². The van der Waals surface area contributed by atoms with Crippen molar-refractivity contribution in [3.63, 3.8) is 0 Å². The highest BCUT2D eigenvalue weighted by Crippen LogP contribution is 2.18. The lowest BCUT2D eigenvalue weighted by Gasteiger charge is -2.28. The average Bonchev–Trinajstić information content (AvgIpc) is 2.78. The molecule has 6 atom stereocenters. The molecule has 1 heterocycles. The number of esters is 2. The molecule has 0 spiro atoms. The van der Waals surface area contributed by atoms with Gasteiger partial charge in [-0.1, -0.05) is 19.9 Å². The van der Waals surface area contributed by atoms with E-state index in [0.717, 1.165) is 5.56 Å². The number of aromatic nitrogens is 1. The maximum absolute atomic E-state index is 12.8. The average molecular weight is 526 g/mol. The smallest absolute Gasteiger partial charge is 0.408 e. The van der Waals surface area contributed by atoms with Gasteiger partial charge in [0.2, 0.25) is 6.10 Å². The first-order valence-electron chi connectivity index (χ1n) is 12.0. The number of aliphatic hydroxyl groups is 1. The number of carbonyl (C=O) groups excluding carboxylic acids is 3. The maximum atomic E-state index is 12.8. The molecule has 0 aromatic carbocycles. The minimum atomic E-state index is -1.62. The summed E-state index contributed by atoms with van der Waals surface area (Å²) in [6.07, 6.45) is -1.53. The highest BCUT2D eigenvalue weighted by molar-refractivity contribution is 5.83. The van der Waals surface area contributed by atoms with E-state index in [2.05, 4.69) is 10.3 Å². The number of aliphatic carboxylic acids is 1. The van der Waals surface area contributed by atoms with Crippen LogP contribution in [0.5, 0.6) is 0 Å². The molecule has 208 valence electrons. The number of carboxylic acids is 1. The van der Waals surface area contributed by atoms with Crippen molar-refractivity contribution in [1.29, 1.82) is 0 Å². The number of hydrogen-bond donors (Lipinski definition) is 4. The number of aliphatic hydroxyl groups excluding tert-OH is 1. The Balaban J connectivity index is 2.83. The number of pyridine rings is 1. The first-order valence-corrected chi connectivity index (χ1v) is 12.0. The Bertz CT molecular complexity index is 918. The summed E-state index contributed by atoms with van der Waals surface area (Å²) < 4.78 is 15.6. The Morgan fingerprint density at radius 3 is 2.19 bits per heavy atom. The summed E-state index contributed by atoms with van der Waals surface area (Å²) in [6, 6.07) is 1.10. The van der Waals surface area contributed by atoms with Crippen molar-refractivity contribution in [2.45, 2.75) is 90.9 Å². The number of hydrogen-bond acceptors (Lipinski definition) is 10. The molecule has 1 rings (SSSR count). The highest BCUT2D eigenvalue weighted by Gasteiger charge is 2.37. The second kappa shape index (κ2) is 13.9. The third kappa shape index (κ3) is 10.7. The Labute approximate surface area is 216 Å². The molecule has 1 aromatic heterocycles. The second-order valence-corrected chi connectivity index (χ2v) is 10.2. The van der Waals surface area contributed by atoms with Crippen molar-refractivity contribution in [2.24, 2.45) is 17.6 Å². The molecule has 0 saturated carbocycles. The summed E-state index contributed by atoms with van der Waals surface area (Å²) in [5.41, 5.74) is 5.98. The van der Waals surface area contributed by atoms with E-state index < -0.39 is 71.8 Å². The number of nitrogens with two attached hydrogens (primary N) is 1. The Morgan fingerprint density at radius 1 is 1.08 bits per heavy atom. The molecule has 0 aliphatic rings. The summed E-state index contributed by atoms with van der Waals surface area (Å²) in [5.74, 6) is -4.95. The van der Waals surface area contributed by atoms with Crippen molar-refractivity contribution >= 4 is 24.0 Å². The van der Waals surface area contributed by atoms with Gasteiger partial charge in [0.15, 0.2) is 6.04 Å². The van der Waals surface area contributed by atoms with Gasteiger partial charge in [0.1, 0.15) is 11.7 Å². The zero-order valence-electron chi connectivity index (χ0n) is 22.3. The molecule has 5 N–H and O–H groups in total. The Hall–Kier alpha value is -3.25. The molecule has 0 bridgehead atoms. The molecular weight excluding hydrogens is 486 g/mol. The topological polar surface area (TPSA) is 187 Å². The minimum Gasteiger partial charge on any atom is -0.480 e. The lowest BCUT2D eigenvalue weighted by Crippen LogP contribution is -2.51. The molecule has 0 fully saturated rings. The van der Waals surface area contributed by atoms with E-state index in [1.807, 2.05) is 0 Å². The van der Waals surface area contributed by atoms with Gasteiger partial charge in [0.05, 0.1) is 12.0 Å². The van der Waals surface area contributed by atoms with Crippen LogP contribution >= 0.6 is 0 Å². The van der Waals surface area contributed by atoms with Crippen LogP contribution in [-0.2, 0) is 35.0 Å². The number of ether oxygens (including phenoxy) is 3. The zero-order chi connectivity index (χ0) is 28.5. The minimum absolute atomic E-state index is 0.265. The number of nitrogens with one attached hydrogen (secondary N) is 1. The number of nitrogens with zero attached hydrogens (tertiary/aromatic N) is 1. The van der Waals surface area contributed by atoms with E-state index in [0.29, 0.717) is 0 Å². The molecule has 0 radical (unpaired) electrons. The van der Waals surface area contributed by atoms with Crippen LogP contribution in [0.3, 0.4) is 0 Å². The third-order valence-electron chi connectivity index (χ3n) is 5.31. The Morgan fingerprint density at radius 2 is 1.70 bits per heavy atom. The number of carbonyl (C=O) groups is 4. The normalized spacial score (nSPS) is 16.5. The fourth-order valence-corrected chi connectivity index (χ4v) is 3.24. The summed E-state index contributed by atoms with van der Waals surface area (Å²) >= 11 is 0. The molecule has 1 amide bonds. The molecule has 37 heavy (non-hydrogen) atoms. The number of amides is 1. The van der Waals surface area contributed by atoms with Crippen molar-refractivity contribution in [1.82, 2.24) is 10.3 Å². The van der Waals surface area contributed by atoms with Gasteiger partial charge in [0, 0.05) is 24.4 Å². The third-order valence-corrected chi connectivity index (χ3v) is 5.31. The monoisotopic (exact) mass is 525 g/mol. The molecule has 12 heteroatoms. The molecule has 0 saturated heterocycles. The second-order valence-electron chi connectivity index (χ2n) is 10.2. The van der Waals surface area contributed by atoms with Gasteiger partial charge >= 0.3 is 24.0 Å². The van der Waals surface area contributed by atoms with Crippen LogP contribution in [0.1, 0.15) is 54.0 Å². The van der Waals surface area contributed by atoms with Crippen LogP contribution in [0.2, 0.25) is 0 Å². The fourth-order valence-electron chi connectivity index (χ4n) is 3.24. The van der Waals surface area contributed by atoms with Crippen molar-refractivity contribution < 1.29 is 43.6 Å². The largest absolute Gasteiger partial charge is 0.480 e. The highest BCUT2D eigenvalue weighted by atomic mass is 16.6. The lowest BCUT2D eigenvalue weighted by atomic mass is 9.94. The first-order chi connectivity index (χ1) is 17.0. The molecule has 12 nitrogen and oxygen atoms in total. The van der Waals surface area contributed by atoms with Crippen LogP contribution in [0.25, 0.3) is 0 Å². The van der Waals surface area contributed by atoms with Gasteiger partial charge in [-0.2, -0.15) is 0 Å². The van der Waals surface area contributed by atoms with E-state index >= 15 is 0 Å². The van der Waals surface area contributed by atoms with E-state index in [4.69, 9.17) is 19.9 Å². The maximum Gasteiger partial charge on any atom is 0.408 e. The van der Waals surface area contributed by atoms with Gasteiger partial charge in [-0.15, -0.1) is 0 Å². The van der Waals surface area contributed by atoms with E-state index in [-0.39, 0.29) is 6.42 Å². The number of carboxylic acid groups (broad SMARTS) is 1. The van der Waals surface area contributed by atoms with Crippen LogP contribution < -0.4 is 11.1 Å². The molecule has 6 unspecified atom stereocenters. The van der Waals surface area contributed by atoms with Gasteiger partial charge < -0.3 is 35.5 Å². The van der Waals surface area contributed by atoms with E-state index in [1.165, 1.54) is 13.8 Å². The van der Waals surface area contributed by atoms with Gasteiger partial charge in [-0.25, -0.2) is 14.4 Å². The molecule has 1 aromatic rings. The van der Waals surface area contributed by atoms with Crippen molar-refractivity contribution in [2.75, 3.05) is 0 Å². The molecule has 0 aliphatic heterocycles. The van der Waals surface area contributed by atoms with E-state index in [9.17, 15) is 29.4 Å². The summed E-state index contributed by atoms with van der Waals surface area (Å²) in [5, 5.41) is 22.2. The summed E-state index contributed by atoms with van der Waals surface area (Å²) in [7, 11) is 0. The number of rotatable bonds is 12. The predicted octanol–water partition coefficient (Wildman–Crippen LogP) is 1.43. The van der Waals surface area contributed by atoms with Crippen LogP contribution in [0.15, 0.2) is 24.5 Å². The molecular formula is C25H39N3O9. The lowest BCUT2D eigenvalue weighted by molar-refractivity contribution is -0.180. The van der Waals surface area contributed by atoms with Crippen LogP contribution in [0.4, 0.5) is 4.79 Å². The predicted molar refractivity (Wildman–Crippen MR) is 132 cm³/mol. The summed E-state index contributed by atoms with van der Waals surface area (Å²) in [4.78, 5) is 53.2. The van der Waals surface area contributed by atoms with Gasteiger partial charge in [-0.05, 0) is 52.7 Å².